The van der Waals surface area contributed by atoms with Gasteiger partial charge in [-0.05, 0) is 281 Å². The average Bonchev–Trinajstić information content (AvgIpc) is 1.53. The van der Waals surface area contributed by atoms with E-state index in [0.717, 1.165) is 105 Å². The van der Waals surface area contributed by atoms with Crippen molar-refractivity contribution in [2.75, 3.05) is 0 Å². The minimum absolute atomic E-state index is 0.0331. The summed E-state index contributed by atoms with van der Waals surface area (Å²) in [7, 11) is 0. The summed E-state index contributed by atoms with van der Waals surface area (Å²) in [5, 5.41) is 65.6. The first-order chi connectivity index (χ1) is 70.7. The lowest BCUT2D eigenvalue weighted by atomic mass is 9.67. The molecule has 0 radical (unpaired) electrons. The Morgan fingerprint density at radius 2 is 0.354 bits per heavy atom. The van der Waals surface area contributed by atoms with Crippen molar-refractivity contribution in [1.82, 2.24) is 18.3 Å². The van der Waals surface area contributed by atoms with Crippen molar-refractivity contribution < 1.29 is 0 Å². The maximum Gasteiger partial charge on any atom is 0.0991 e. The maximum atomic E-state index is 9.65. The smallest absolute Gasteiger partial charge is 0.0991 e. The molecule has 0 spiro atoms. The zero-order valence-corrected chi connectivity index (χ0v) is 79.2. The van der Waals surface area contributed by atoms with Crippen molar-refractivity contribution in [2.45, 2.75) is 49.4 Å². The van der Waals surface area contributed by atoms with Crippen LogP contribution in [0.15, 0.2) is 449 Å². The van der Waals surface area contributed by atoms with E-state index < -0.39 is 10.8 Å². The largest absolute Gasteiger partial charge is 0.309 e. The van der Waals surface area contributed by atoms with Gasteiger partial charge in [0.05, 0.1) is 125 Å². The molecule has 4 aromatic heterocycles. The molecule has 0 atom stereocenters. The zero-order valence-electron chi connectivity index (χ0n) is 79.2. The maximum absolute atomic E-state index is 9.65. The van der Waals surface area contributed by atoms with Gasteiger partial charge in [0.25, 0.3) is 0 Å². The predicted octanol–water partition coefficient (Wildman–Crippen LogP) is 31.7. The molecule has 4 aliphatic carbocycles. The lowest BCUT2D eigenvalue weighted by molar-refractivity contribution is 0.660. The van der Waals surface area contributed by atoms with Gasteiger partial charge in [-0.2, -0.15) is 31.6 Å². The first kappa shape index (κ1) is 86.1. The van der Waals surface area contributed by atoms with Gasteiger partial charge in [0.2, 0.25) is 0 Å². The van der Waals surface area contributed by atoms with Crippen molar-refractivity contribution in [2.24, 2.45) is 0 Å². The van der Waals surface area contributed by atoms with Gasteiger partial charge in [0.15, 0.2) is 0 Å². The van der Waals surface area contributed by atoms with Crippen LogP contribution >= 0.6 is 0 Å². The first-order valence-electron chi connectivity index (χ1n) is 48.5. The fourth-order valence-corrected chi connectivity index (χ4v) is 24.3. The highest BCUT2D eigenvalue weighted by molar-refractivity contribution is 6.14. The number of fused-ring (bicyclic) bond motifs is 24. The number of rotatable bonds is 8. The van der Waals surface area contributed by atoms with Crippen molar-refractivity contribution in [1.29, 1.82) is 31.6 Å². The summed E-state index contributed by atoms with van der Waals surface area (Å²) in [6.07, 6.45) is 0. The summed E-state index contributed by atoms with van der Waals surface area (Å²) in [5.41, 5.74) is 41.4. The molecule has 4 aliphatic rings. The number of nitriles is 6. The molecular weight excluding hydrogens is 1750 g/mol. The number of aromatic nitrogens is 4. The van der Waals surface area contributed by atoms with Crippen LogP contribution in [0.4, 0.5) is 0 Å². The molecule has 24 aromatic rings. The Kier molecular flexibility index (Phi) is 20.2. The summed E-state index contributed by atoms with van der Waals surface area (Å²) < 4.78 is 9.17. The second kappa shape index (κ2) is 33.7. The minimum Gasteiger partial charge on any atom is -0.309 e. The predicted molar refractivity (Wildman–Crippen MR) is 581 cm³/mol. The van der Waals surface area contributed by atoms with E-state index in [0.29, 0.717) is 33.4 Å². The number of nitrogens with zero attached hydrogens (tertiary/aromatic N) is 10. The molecule has 0 bridgehead atoms. The van der Waals surface area contributed by atoms with Crippen LogP contribution in [0.1, 0.15) is 128 Å². The standard InChI is InChI=1S/C39H23N3.C38H24N2.C29H19N3.C28H20N2/c40-24-26-15-19-37-33(21-26)34-22-27(25-41)16-20-38(34)42(37)30-17-18-32-31-13-7-8-14-35(31)39(36(32)23-30,28-9-3-1-4-10-28)29-11-5-2-6-12-29;39-25-26-19-22-37-33(23-26)32-16-8-10-18-36(32)40(37)29-20-21-31-30-15-7-9-17-34(30)38(35(31)24-29,27-11-3-1-4-12-27)28-13-5-2-6-14-28;1-29(2)25-6-4-3-5-21(25)22-10-9-20(15-26(22)29)32-27-11-7-18(16-30)13-23(27)24-14-19(17-31)8-12-28(24)32;1-28(2)24-9-5-3-7-20(24)21-13-12-19(16-25(21)28)30-26-10-6-4-8-22(26)23-15-18(17-29)11-14-27(23)30/h1-23H;1-24H;3-15H,1-2H3;3-16H,1-2H3. The molecule has 0 amide bonds. The van der Waals surface area contributed by atoms with Crippen LogP contribution in [0, 0.1) is 68.0 Å². The second-order valence-electron chi connectivity index (χ2n) is 38.8. The Labute approximate surface area is 833 Å². The molecule has 144 heavy (non-hydrogen) atoms. The average molecular weight is 1840 g/mol. The second-order valence-corrected chi connectivity index (χ2v) is 38.8. The van der Waals surface area contributed by atoms with Gasteiger partial charge in [-0.25, -0.2) is 0 Å². The Hall–Kier alpha value is -19.5. The van der Waals surface area contributed by atoms with E-state index in [2.05, 4.69) is 434 Å². The molecule has 10 nitrogen and oxygen atoms in total. The van der Waals surface area contributed by atoms with Crippen LogP contribution < -0.4 is 0 Å². The van der Waals surface area contributed by atoms with Crippen LogP contribution in [0.25, 0.3) is 154 Å². The summed E-state index contributed by atoms with van der Waals surface area (Å²) >= 11 is 0. The van der Waals surface area contributed by atoms with Crippen molar-refractivity contribution in [3.63, 3.8) is 0 Å². The van der Waals surface area contributed by atoms with Gasteiger partial charge in [-0.1, -0.05) is 307 Å². The number of hydrogen-bond donors (Lipinski definition) is 0. The zero-order chi connectivity index (χ0) is 97.4. The van der Waals surface area contributed by atoms with Gasteiger partial charge in [-0.3, -0.25) is 0 Å². The number of benzene rings is 20. The molecule has 0 saturated heterocycles. The number of hydrogen-bond acceptors (Lipinski definition) is 6. The van der Waals surface area contributed by atoms with E-state index in [4.69, 9.17) is 0 Å². The summed E-state index contributed by atoms with van der Waals surface area (Å²) in [6, 6.07) is 171. The fourth-order valence-electron chi connectivity index (χ4n) is 24.3. The molecule has 4 heterocycles. The van der Waals surface area contributed by atoms with E-state index in [1.54, 1.807) is 0 Å². The van der Waals surface area contributed by atoms with Gasteiger partial charge in [-0.15, -0.1) is 0 Å². The Morgan fingerprint density at radius 1 is 0.160 bits per heavy atom. The Morgan fingerprint density at radius 3 is 0.618 bits per heavy atom. The van der Waals surface area contributed by atoms with E-state index in [9.17, 15) is 31.6 Å². The third kappa shape index (κ3) is 13.0. The lowest BCUT2D eigenvalue weighted by Crippen LogP contribution is -2.28. The van der Waals surface area contributed by atoms with Gasteiger partial charge >= 0.3 is 0 Å². The summed E-state index contributed by atoms with van der Waals surface area (Å²) in [6.45, 7) is 9.19. The van der Waals surface area contributed by atoms with E-state index >= 15 is 0 Å². The van der Waals surface area contributed by atoms with Crippen LogP contribution in [-0.4, -0.2) is 18.3 Å². The van der Waals surface area contributed by atoms with Crippen molar-refractivity contribution in [3.8, 4) is 104 Å². The highest BCUT2D eigenvalue weighted by Crippen LogP contribution is 2.60. The van der Waals surface area contributed by atoms with Gasteiger partial charge in [0.1, 0.15) is 0 Å². The summed E-state index contributed by atoms with van der Waals surface area (Å²) in [5.74, 6) is 0. The summed E-state index contributed by atoms with van der Waals surface area (Å²) in [4.78, 5) is 0. The molecule has 0 unspecified atom stereocenters. The Balaban J connectivity index is 0.000000101. The first-order valence-corrected chi connectivity index (χ1v) is 48.5. The fraction of sp³-hybridized carbons (Fsp3) is 0.0597. The van der Waals surface area contributed by atoms with E-state index in [1.807, 2.05) is 97.1 Å². The SMILES string of the molecule is CC1(C)c2ccccc2-c2ccc(-n3c4ccc(C#N)cc4c4cc(C#N)ccc43)cc21.CC1(C)c2ccccc2-c2ccc(-n3c4ccccc4c4cc(C#N)ccc43)cc21.N#Cc1ccc2c(c1)c1cc(C#N)ccc1n2-c1ccc2c(c1)C(c1ccccc1)(c1ccccc1)c1ccccc1-2.N#Cc1ccc2c(c1)c1ccccc1n2-c1ccc2c(c1)C(c1ccccc1)(c1ccccc1)c1ccccc1-2. The highest BCUT2D eigenvalue weighted by Gasteiger charge is 2.49. The molecule has 20 aromatic carbocycles. The van der Waals surface area contributed by atoms with Gasteiger partial charge in [0, 0.05) is 76.7 Å². The molecular formula is C134H86N10. The molecule has 0 aliphatic heterocycles. The Bertz CT molecular complexity index is 9580. The number of para-hydroxylation sites is 2. The van der Waals surface area contributed by atoms with E-state index in [-0.39, 0.29) is 10.8 Å². The van der Waals surface area contributed by atoms with Crippen LogP contribution in [0.3, 0.4) is 0 Å². The molecule has 10 heteroatoms. The monoisotopic (exact) mass is 1830 g/mol. The molecule has 672 valence electrons. The van der Waals surface area contributed by atoms with Crippen LogP contribution in [-0.2, 0) is 21.7 Å². The third-order valence-corrected chi connectivity index (χ3v) is 30.7. The normalized spacial score (nSPS) is 13.3. The minimum atomic E-state index is -0.495. The molecule has 28 rings (SSSR count). The van der Waals surface area contributed by atoms with Crippen LogP contribution in [0.5, 0.6) is 0 Å². The third-order valence-electron chi connectivity index (χ3n) is 30.7. The van der Waals surface area contributed by atoms with Crippen molar-refractivity contribution >= 4 is 87.2 Å². The van der Waals surface area contributed by atoms with Crippen LogP contribution in [0.2, 0.25) is 0 Å². The van der Waals surface area contributed by atoms with Crippen molar-refractivity contribution in [3.05, 3.63) is 549 Å². The molecule has 0 N–H and O–H groups in total. The highest BCUT2D eigenvalue weighted by atomic mass is 15.0. The lowest BCUT2D eigenvalue weighted by Gasteiger charge is -2.34. The molecule has 0 saturated carbocycles. The quantitative estimate of drug-likeness (QED) is 0.147. The van der Waals surface area contributed by atoms with Gasteiger partial charge < -0.3 is 18.3 Å². The van der Waals surface area contributed by atoms with E-state index in [1.165, 1.54) is 117 Å². The topological polar surface area (TPSA) is 162 Å². The molecule has 0 fully saturated rings.